The molecule has 1 aliphatic rings. The third-order valence-corrected chi connectivity index (χ3v) is 3.82. The van der Waals surface area contributed by atoms with Gasteiger partial charge in [-0.25, -0.2) is 4.39 Å². The first kappa shape index (κ1) is 13.8. The summed E-state index contributed by atoms with van der Waals surface area (Å²) < 4.78 is 13.4. The molecule has 0 bridgehead atoms. The van der Waals surface area contributed by atoms with Crippen molar-refractivity contribution in [3.8, 4) is 0 Å². The van der Waals surface area contributed by atoms with E-state index in [0.29, 0.717) is 11.8 Å². The van der Waals surface area contributed by atoms with E-state index in [1.807, 2.05) is 34.3 Å². The SMILES string of the molecule is Fc1cccc(N2CNC(=S)N2CCc2ccccc2)c1. The fourth-order valence-electron chi connectivity index (χ4n) is 2.40. The van der Waals surface area contributed by atoms with Crippen molar-refractivity contribution in [2.24, 2.45) is 0 Å². The maximum Gasteiger partial charge on any atom is 0.189 e. The number of thiocarbonyl (C=S) groups is 1. The van der Waals surface area contributed by atoms with Crippen LogP contribution in [0.1, 0.15) is 5.56 Å². The molecule has 0 aliphatic carbocycles. The number of hydrogen-bond acceptors (Lipinski definition) is 2. The summed E-state index contributed by atoms with van der Waals surface area (Å²) in [6.07, 6.45) is 0.883. The number of anilines is 1. The Morgan fingerprint density at radius 1 is 1.10 bits per heavy atom. The topological polar surface area (TPSA) is 18.5 Å². The van der Waals surface area contributed by atoms with E-state index in [-0.39, 0.29) is 5.82 Å². The largest absolute Gasteiger partial charge is 0.342 e. The molecule has 3 nitrogen and oxygen atoms in total. The molecule has 0 spiro atoms. The van der Waals surface area contributed by atoms with E-state index in [4.69, 9.17) is 12.2 Å². The maximum absolute atomic E-state index is 13.4. The minimum absolute atomic E-state index is 0.242. The molecule has 0 aromatic heterocycles. The zero-order chi connectivity index (χ0) is 14.7. The molecule has 0 atom stereocenters. The predicted molar refractivity (Wildman–Crippen MR) is 86.3 cm³/mol. The Hall–Kier alpha value is -2.14. The van der Waals surface area contributed by atoms with E-state index in [1.165, 1.54) is 17.7 Å². The number of halogens is 1. The second-order valence-corrected chi connectivity index (χ2v) is 5.26. The molecule has 3 rings (SSSR count). The zero-order valence-corrected chi connectivity index (χ0v) is 12.3. The Morgan fingerprint density at radius 3 is 2.67 bits per heavy atom. The van der Waals surface area contributed by atoms with Gasteiger partial charge in [-0.15, -0.1) is 0 Å². The van der Waals surface area contributed by atoms with Crippen LogP contribution in [-0.4, -0.2) is 23.3 Å². The molecule has 1 saturated heterocycles. The average molecular weight is 301 g/mol. The van der Waals surface area contributed by atoms with E-state index in [9.17, 15) is 4.39 Å². The van der Waals surface area contributed by atoms with Crippen LogP contribution in [0.4, 0.5) is 10.1 Å². The number of hydrazine groups is 1. The van der Waals surface area contributed by atoms with Gasteiger partial charge >= 0.3 is 0 Å². The normalized spacial score (nSPS) is 14.4. The molecular formula is C16H16FN3S. The second kappa shape index (κ2) is 6.10. The molecule has 1 aliphatic heterocycles. The molecule has 2 aromatic rings. The summed E-state index contributed by atoms with van der Waals surface area (Å²) in [5, 5.41) is 7.76. The van der Waals surface area contributed by atoms with Crippen molar-refractivity contribution < 1.29 is 4.39 Å². The van der Waals surface area contributed by atoms with Crippen LogP contribution in [0, 0.1) is 5.82 Å². The van der Waals surface area contributed by atoms with E-state index < -0.39 is 0 Å². The van der Waals surface area contributed by atoms with Gasteiger partial charge in [-0.05, 0) is 42.4 Å². The van der Waals surface area contributed by atoms with Gasteiger partial charge in [0.15, 0.2) is 5.11 Å². The molecule has 1 N–H and O–H groups in total. The quantitative estimate of drug-likeness (QED) is 0.875. The van der Waals surface area contributed by atoms with E-state index >= 15 is 0 Å². The zero-order valence-electron chi connectivity index (χ0n) is 11.5. The molecule has 0 unspecified atom stereocenters. The van der Waals surface area contributed by atoms with Gasteiger partial charge in [-0.2, -0.15) is 0 Å². The van der Waals surface area contributed by atoms with Crippen molar-refractivity contribution in [2.75, 3.05) is 18.2 Å². The van der Waals surface area contributed by atoms with Crippen LogP contribution < -0.4 is 10.3 Å². The number of nitrogens with zero attached hydrogens (tertiary/aromatic N) is 2. The highest BCUT2D eigenvalue weighted by molar-refractivity contribution is 7.80. The Kier molecular flexibility index (Phi) is 4.01. The lowest BCUT2D eigenvalue weighted by Gasteiger charge is -2.29. The highest BCUT2D eigenvalue weighted by atomic mass is 32.1. The number of rotatable bonds is 4. The van der Waals surface area contributed by atoms with Crippen molar-refractivity contribution in [1.82, 2.24) is 10.3 Å². The highest BCUT2D eigenvalue weighted by Crippen LogP contribution is 2.20. The van der Waals surface area contributed by atoms with Crippen molar-refractivity contribution >= 4 is 23.0 Å². The predicted octanol–water partition coefficient (Wildman–Crippen LogP) is 2.94. The highest BCUT2D eigenvalue weighted by Gasteiger charge is 2.25. The molecule has 0 radical (unpaired) electrons. The standard InChI is InChI=1S/C16H16FN3S/c17-14-7-4-8-15(11-14)20-12-18-16(21)19(20)10-9-13-5-2-1-3-6-13/h1-8,11H,9-10,12H2,(H,18,21). The Balaban J connectivity index is 1.74. The van der Waals surface area contributed by atoms with Gasteiger partial charge < -0.3 is 5.32 Å². The van der Waals surface area contributed by atoms with Gasteiger partial charge in [0, 0.05) is 6.54 Å². The number of benzene rings is 2. The third kappa shape index (κ3) is 3.13. The van der Waals surface area contributed by atoms with Gasteiger partial charge in [0.2, 0.25) is 0 Å². The first-order valence-corrected chi connectivity index (χ1v) is 7.27. The van der Waals surface area contributed by atoms with Crippen LogP contribution in [-0.2, 0) is 6.42 Å². The van der Waals surface area contributed by atoms with Gasteiger partial charge in [0.05, 0.1) is 5.69 Å². The number of nitrogens with one attached hydrogen (secondary N) is 1. The van der Waals surface area contributed by atoms with Crippen LogP contribution in [0.15, 0.2) is 54.6 Å². The van der Waals surface area contributed by atoms with Crippen LogP contribution >= 0.6 is 12.2 Å². The summed E-state index contributed by atoms with van der Waals surface area (Å²) in [5.41, 5.74) is 2.06. The molecule has 5 heteroatoms. The first-order valence-electron chi connectivity index (χ1n) is 6.86. The fraction of sp³-hybridized carbons (Fsp3) is 0.188. The van der Waals surface area contributed by atoms with E-state index in [1.54, 1.807) is 6.07 Å². The van der Waals surface area contributed by atoms with Gasteiger partial charge in [0.1, 0.15) is 12.5 Å². The smallest absolute Gasteiger partial charge is 0.189 e. The average Bonchev–Trinajstić information content (AvgIpc) is 2.87. The molecule has 0 saturated carbocycles. The van der Waals surface area contributed by atoms with Crippen molar-refractivity contribution in [2.45, 2.75) is 6.42 Å². The lowest BCUT2D eigenvalue weighted by atomic mass is 10.1. The minimum atomic E-state index is -0.242. The Morgan fingerprint density at radius 2 is 1.90 bits per heavy atom. The monoisotopic (exact) mass is 301 g/mol. The lowest BCUT2D eigenvalue weighted by Crippen LogP contribution is -2.40. The Labute approximate surface area is 129 Å². The van der Waals surface area contributed by atoms with E-state index in [2.05, 4.69) is 17.4 Å². The molecule has 1 fully saturated rings. The molecule has 2 aromatic carbocycles. The summed E-state index contributed by atoms with van der Waals surface area (Å²) in [5.74, 6) is -0.242. The summed E-state index contributed by atoms with van der Waals surface area (Å²) in [6, 6.07) is 16.8. The van der Waals surface area contributed by atoms with Crippen molar-refractivity contribution in [3.05, 3.63) is 66.0 Å². The van der Waals surface area contributed by atoms with Crippen LogP contribution in [0.25, 0.3) is 0 Å². The molecule has 108 valence electrons. The molecular weight excluding hydrogens is 285 g/mol. The van der Waals surface area contributed by atoms with Crippen LogP contribution in [0.5, 0.6) is 0 Å². The Bertz CT molecular complexity index is 632. The lowest BCUT2D eigenvalue weighted by molar-refractivity contribution is 0.428. The van der Waals surface area contributed by atoms with Crippen molar-refractivity contribution in [1.29, 1.82) is 0 Å². The summed E-state index contributed by atoms with van der Waals surface area (Å²) in [4.78, 5) is 0. The minimum Gasteiger partial charge on any atom is -0.342 e. The van der Waals surface area contributed by atoms with Crippen molar-refractivity contribution in [3.63, 3.8) is 0 Å². The van der Waals surface area contributed by atoms with Crippen LogP contribution in [0.2, 0.25) is 0 Å². The fourth-order valence-corrected chi connectivity index (χ4v) is 2.65. The van der Waals surface area contributed by atoms with Gasteiger partial charge in [-0.3, -0.25) is 10.0 Å². The summed E-state index contributed by atoms with van der Waals surface area (Å²) in [6.45, 7) is 1.32. The molecule has 1 heterocycles. The van der Waals surface area contributed by atoms with E-state index in [0.717, 1.165) is 18.7 Å². The second-order valence-electron chi connectivity index (χ2n) is 4.88. The van der Waals surface area contributed by atoms with Gasteiger partial charge in [-0.1, -0.05) is 36.4 Å². The van der Waals surface area contributed by atoms with Crippen LogP contribution in [0.3, 0.4) is 0 Å². The third-order valence-electron chi connectivity index (χ3n) is 3.47. The summed E-state index contributed by atoms with van der Waals surface area (Å²) >= 11 is 5.35. The first-order chi connectivity index (χ1) is 10.2. The molecule has 0 amide bonds. The van der Waals surface area contributed by atoms with Gasteiger partial charge in [0.25, 0.3) is 0 Å². The molecule has 21 heavy (non-hydrogen) atoms. The maximum atomic E-state index is 13.4. The number of hydrogen-bond donors (Lipinski definition) is 1. The summed E-state index contributed by atoms with van der Waals surface area (Å²) in [7, 11) is 0.